The molecule has 2 aliphatic rings. The first-order valence-electron chi connectivity index (χ1n) is 8.45. The Morgan fingerprint density at radius 3 is 2.75 bits per heavy atom. The van der Waals surface area contributed by atoms with Gasteiger partial charge in [-0.25, -0.2) is 0 Å². The van der Waals surface area contributed by atoms with Crippen molar-refractivity contribution in [2.75, 3.05) is 29.9 Å². The molecule has 1 fully saturated rings. The van der Waals surface area contributed by atoms with Crippen LogP contribution in [0.4, 0.5) is 11.4 Å². The predicted octanol–water partition coefficient (Wildman–Crippen LogP) is 1.88. The Kier molecular flexibility index (Phi) is 3.57. The first-order chi connectivity index (χ1) is 11.6. The maximum atomic E-state index is 11.5. The fourth-order valence-corrected chi connectivity index (χ4v) is 3.52. The Balaban J connectivity index is 1.69. The standard InChI is InChI=1S/C18H23N5O/c1-12-9-22(11-24)17-6-14(4-5-16(17)21(12)3)15-7-20-23(10-15)18-8-19-13(18)2/h4-7,10-13,18-19H,8-9H2,1-3H3. The third-order valence-electron chi connectivity index (χ3n) is 5.41. The van der Waals surface area contributed by atoms with Crippen LogP contribution in [0.3, 0.4) is 0 Å². The SMILES string of the molecule is CC1NCC1n1cc(-c2ccc3c(c2)N(C=O)CC(C)N3C)cn1. The molecule has 1 N–H and O–H groups in total. The maximum Gasteiger partial charge on any atom is 0.214 e. The van der Waals surface area contributed by atoms with E-state index < -0.39 is 0 Å². The maximum absolute atomic E-state index is 11.5. The van der Waals surface area contributed by atoms with Crippen LogP contribution in [0.25, 0.3) is 11.1 Å². The van der Waals surface area contributed by atoms with Crippen molar-refractivity contribution in [3.05, 3.63) is 30.6 Å². The summed E-state index contributed by atoms with van der Waals surface area (Å²) in [6.07, 6.45) is 4.94. The number of aromatic nitrogens is 2. The van der Waals surface area contributed by atoms with E-state index in [1.54, 1.807) is 4.90 Å². The fourth-order valence-electron chi connectivity index (χ4n) is 3.52. The van der Waals surface area contributed by atoms with Gasteiger partial charge in [-0.3, -0.25) is 9.48 Å². The molecule has 3 heterocycles. The van der Waals surface area contributed by atoms with Crippen molar-refractivity contribution >= 4 is 17.8 Å². The Morgan fingerprint density at radius 1 is 1.25 bits per heavy atom. The fraction of sp³-hybridized carbons (Fsp3) is 0.444. The summed E-state index contributed by atoms with van der Waals surface area (Å²) >= 11 is 0. The molecule has 24 heavy (non-hydrogen) atoms. The van der Waals surface area contributed by atoms with Gasteiger partial charge < -0.3 is 15.1 Å². The number of hydrogen-bond donors (Lipinski definition) is 1. The predicted molar refractivity (Wildman–Crippen MR) is 95.4 cm³/mol. The van der Waals surface area contributed by atoms with E-state index >= 15 is 0 Å². The lowest BCUT2D eigenvalue weighted by molar-refractivity contribution is -0.107. The third kappa shape index (κ3) is 2.29. The largest absolute Gasteiger partial charge is 0.368 e. The van der Waals surface area contributed by atoms with Gasteiger partial charge in [-0.2, -0.15) is 5.10 Å². The number of amides is 1. The number of nitrogens with zero attached hydrogens (tertiary/aromatic N) is 4. The number of hydrogen-bond acceptors (Lipinski definition) is 4. The molecule has 6 heteroatoms. The van der Waals surface area contributed by atoms with Gasteiger partial charge in [-0.15, -0.1) is 0 Å². The number of rotatable bonds is 3. The van der Waals surface area contributed by atoms with Crippen LogP contribution in [-0.2, 0) is 4.79 Å². The van der Waals surface area contributed by atoms with Crippen LogP contribution in [0.2, 0.25) is 0 Å². The van der Waals surface area contributed by atoms with Crippen LogP contribution in [0.15, 0.2) is 30.6 Å². The zero-order chi connectivity index (χ0) is 16.8. The van der Waals surface area contributed by atoms with Crippen LogP contribution in [-0.4, -0.2) is 48.4 Å². The molecule has 6 nitrogen and oxygen atoms in total. The number of carbonyl (C=O) groups is 1. The minimum Gasteiger partial charge on any atom is -0.368 e. The van der Waals surface area contributed by atoms with Crippen molar-refractivity contribution in [2.24, 2.45) is 0 Å². The topological polar surface area (TPSA) is 53.4 Å². The normalized spacial score (nSPS) is 26.0. The van der Waals surface area contributed by atoms with Crippen molar-refractivity contribution in [1.82, 2.24) is 15.1 Å². The van der Waals surface area contributed by atoms with Gasteiger partial charge in [-0.05, 0) is 31.5 Å². The van der Waals surface area contributed by atoms with E-state index in [1.165, 1.54) is 0 Å². The summed E-state index contributed by atoms with van der Waals surface area (Å²) in [6.45, 7) is 5.98. The molecule has 1 saturated heterocycles. The molecule has 2 aromatic rings. The van der Waals surface area contributed by atoms with Gasteiger partial charge in [0.05, 0.1) is 23.6 Å². The average molecular weight is 325 g/mol. The summed E-state index contributed by atoms with van der Waals surface area (Å²) in [5, 5.41) is 7.88. The third-order valence-corrected chi connectivity index (χ3v) is 5.41. The molecule has 0 aliphatic carbocycles. The van der Waals surface area contributed by atoms with E-state index in [-0.39, 0.29) is 0 Å². The molecule has 0 bridgehead atoms. The molecule has 1 amide bonds. The molecule has 2 aliphatic heterocycles. The molecule has 1 aromatic carbocycles. The highest BCUT2D eigenvalue weighted by Gasteiger charge is 2.29. The van der Waals surface area contributed by atoms with Gasteiger partial charge >= 0.3 is 0 Å². The van der Waals surface area contributed by atoms with Crippen molar-refractivity contribution in [1.29, 1.82) is 0 Å². The summed E-state index contributed by atoms with van der Waals surface area (Å²) in [4.78, 5) is 15.5. The van der Waals surface area contributed by atoms with Crippen molar-refractivity contribution < 1.29 is 4.79 Å². The summed E-state index contributed by atoms with van der Waals surface area (Å²) in [5.74, 6) is 0. The van der Waals surface area contributed by atoms with Gasteiger partial charge in [-0.1, -0.05) is 6.07 Å². The molecule has 1 aromatic heterocycles. The Morgan fingerprint density at radius 2 is 2.08 bits per heavy atom. The number of benzene rings is 1. The Labute approximate surface area is 142 Å². The zero-order valence-electron chi connectivity index (χ0n) is 14.3. The lowest BCUT2D eigenvalue weighted by Gasteiger charge is -2.39. The van der Waals surface area contributed by atoms with E-state index in [9.17, 15) is 4.79 Å². The molecule has 0 saturated carbocycles. The molecular weight excluding hydrogens is 302 g/mol. The summed E-state index contributed by atoms with van der Waals surface area (Å²) < 4.78 is 2.04. The van der Waals surface area contributed by atoms with E-state index in [0.29, 0.717) is 24.7 Å². The van der Waals surface area contributed by atoms with Crippen molar-refractivity contribution in [3.63, 3.8) is 0 Å². The van der Waals surface area contributed by atoms with Gasteiger partial charge in [0.25, 0.3) is 0 Å². The van der Waals surface area contributed by atoms with E-state index in [1.807, 2.05) is 10.9 Å². The number of anilines is 2. The molecule has 0 radical (unpaired) electrons. The number of fused-ring (bicyclic) bond motifs is 1. The van der Waals surface area contributed by atoms with Crippen LogP contribution in [0.1, 0.15) is 19.9 Å². The Bertz CT molecular complexity index is 771. The highest BCUT2D eigenvalue weighted by molar-refractivity contribution is 5.89. The quantitative estimate of drug-likeness (QED) is 0.876. The van der Waals surface area contributed by atoms with Gasteiger partial charge in [0.15, 0.2) is 0 Å². The summed E-state index contributed by atoms with van der Waals surface area (Å²) in [6, 6.07) is 7.50. The molecule has 0 spiro atoms. The lowest BCUT2D eigenvalue weighted by Crippen LogP contribution is -2.51. The monoisotopic (exact) mass is 325 g/mol. The second kappa shape index (κ2) is 5.63. The number of nitrogens with one attached hydrogen (secondary N) is 1. The van der Waals surface area contributed by atoms with Crippen LogP contribution in [0, 0.1) is 0 Å². The molecule has 3 unspecified atom stereocenters. The zero-order valence-corrected chi connectivity index (χ0v) is 14.3. The minimum absolute atomic E-state index is 0.309. The number of carbonyl (C=O) groups excluding carboxylic acids is 1. The second-order valence-corrected chi connectivity index (χ2v) is 6.89. The molecule has 126 valence electrons. The van der Waals surface area contributed by atoms with E-state index in [2.05, 4.69) is 60.6 Å². The molecular formula is C18H23N5O. The molecule has 4 rings (SSSR count). The summed E-state index contributed by atoms with van der Waals surface area (Å²) in [7, 11) is 2.08. The van der Waals surface area contributed by atoms with Gasteiger partial charge in [0, 0.05) is 44.0 Å². The average Bonchev–Trinajstić information content (AvgIpc) is 3.05. The second-order valence-electron chi connectivity index (χ2n) is 6.89. The van der Waals surface area contributed by atoms with E-state index in [0.717, 1.165) is 35.5 Å². The highest BCUT2D eigenvalue weighted by atomic mass is 16.1. The number of likely N-dealkylation sites (N-methyl/N-ethyl adjacent to an activating group) is 1. The van der Waals surface area contributed by atoms with E-state index in [4.69, 9.17) is 0 Å². The lowest BCUT2D eigenvalue weighted by atomic mass is 10.0. The van der Waals surface area contributed by atoms with Crippen molar-refractivity contribution in [3.8, 4) is 11.1 Å². The molecule has 3 atom stereocenters. The highest BCUT2D eigenvalue weighted by Crippen LogP contribution is 2.37. The first kappa shape index (κ1) is 15.2. The van der Waals surface area contributed by atoms with Crippen LogP contribution in [0.5, 0.6) is 0 Å². The van der Waals surface area contributed by atoms with Crippen LogP contribution >= 0.6 is 0 Å². The van der Waals surface area contributed by atoms with Crippen LogP contribution < -0.4 is 15.1 Å². The summed E-state index contributed by atoms with van der Waals surface area (Å²) in [5.41, 5.74) is 4.24. The van der Waals surface area contributed by atoms with Gasteiger partial charge in [0.2, 0.25) is 6.41 Å². The first-order valence-corrected chi connectivity index (χ1v) is 8.45. The Hall–Kier alpha value is -2.34. The van der Waals surface area contributed by atoms with Gasteiger partial charge in [0.1, 0.15) is 0 Å². The smallest absolute Gasteiger partial charge is 0.214 e. The van der Waals surface area contributed by atoms with Crippen molar-refractivity contribution in [2.45, 2.75) is 32.0 Å². The minimum atomic E-state index is 0.309.